The molecule has 3 heterocycles. The SMILES string of the molecule is CC[C@@H]1CN([C@H](CC)C(=O)N2CCCC[C@@H]2c2ncc[nH]2)CCO1. The van der Waals surface area contributed by atoms with Gasteiger partial charge in [-0.2, -0.15) is 0 Å². The molecule has 2 aliphatic heterocycles. The average molecular weight is 334 g/mol. The lowest BCUT2D eigenvalue weighted by atomic mass is 9.99. The number of nitrogens with one attached hydrogen (secondary N) is 1. The number of rotatable bonds is 5. The van der Waals surface area contributed by atoms with E-state index in [0.717, 1.165) is 64.2 Å². The molecule has 0 aliphatic carbocycles. The van der Waals surface area contributed by atoms with Crippen molar-refractivity contribution in [1.29, 1.82) is 0 Å². The lowest BCUT2D eigenvalue weighted by Gasteiger charge is -2.42. The third-order valence-electron chi connectivity index (χ3n) is 5.36. The molecule has 0 unspecified atom stereocenters. The van der Waals surface area contributed by atoms with Gasteiger partial charge in [0.15, 0.2) is 0 Å². The number of hydrogen-bond donors (Lipinski definition) is 1. The van der Waals surface area contributed by atoms with E-state index < -0.39 is 0 Å². The van der Waals surface area contributed by atoms with Gasteiger partial charge < -0.3 is 14.6 Å². The van der Waals surface area contributed by atoms with Crippen molar-refractivity contribution in [3.05, 3.63) is 18.2 Å². The van der Waals surface area contributed by atoms with Crippen LogP contribution in [0.1, 0.15) is 57.8 Å². The van der Waals surface area contributed by atoms with Gasteiger partial charge in [-0.1, -0.05) is 13.8 Å². The first-order valence-corrected chi connectivity index (χ1v) is 9.40. The Balaban J connectivity index is 1.74. The Labute approximate surface area is 144 Å². The first-order valence-electron chi connectivity index (χ1n) is 9.40. The summed E-state index contributed by atoms with van der Waals surface area (Å²) in [4.78, 5) is 25.3. The molecular weight excluding hydrogens is 304 g/mol. The number of ether oxygens (including phenoxy) is 1. The zero-order chi connectivity index (χ0) is 16.9. The number of morpholine rings is 1. The molecule has 1 aromatic heterocycles. The Morgan fingerprint density at radius 1 is 1.42 bits per heavy atom. The van der Waals surface area contributed by atoms with E-state index in [1.807, 2.05) is 6.20 Å². The van der Waals surface area contributed by atoms with Gasteiger partial charge in [-0.25, -0.2) is 4.98 Å². The first kappa shape index (κ1) is 17.4. The largest absolute Gasteiger partial charge is 0.376 e. The molecule has 3 atom stereocenters. The first-order chi connectivity index (χ1) is 11.7. The number of H-pyrrole nitrogens is 1. The van der Waals surface area contributed by atoms with Crippen molar-refractivity contribution >= 4 is 5.91 Å². The highest BCUT2D eigenvalue weighted by molar-refractivity contribution is 5.82. The van der Waals surface area contributed by atoms with Crippen molar-refractivity contribution in [3.8, 4) is 0 Å². The summed E-state index contributed by atoms with van der Waals surface area (Å²) in [7, 11) is 0. The minimum atomic E-state index is -0.0430. The third-order valence-corrected chi connectivity index (χ3v) is 5.36. The van der Waals surface area contributed by atoms with Crippen molar-refractivity contribution in [2.24, 2.45) is 0 Å². The van der Waals surface area contributed by atoms with Crippen LogP contribution in [0.4, 0.5) is 0 Å². The van der Waals surface area contributed by atoms with Crippen LogP contribution in [-0.4, -0.2) is 64.1 Å². The summed E-state index contributed by atoms with van der Waals surface area (Å²) in [5, 5.41) is 0. The van der Waals surface area contributed by atoms with Gasteiger partial charge in [0.25, 0.3) is 0 Å². The number of nitrogens with zero attached hydrogens (tertiary/aromatic N) is 3. The molecule has 1 N–H and O–H groups in total. The normalized spacial score (nSPS) is 27.2. The van der Waals surface area contributed by atoms with Crippen LogP contribution in [0.2, 0.25) is 0 Å². The van der Waals surface area contributed by atoms with Crippen molar-refractivity contribution in [2.75, 3.05) is 26.2 Å². The summed E-state index contributed by atoms with van der Waals surface area (Å²) in [5.41, 5.74) is 0. The molecule has 134 valence electrons. The summed E-state index contributed by atoms with van der Waals surface area (Å²) < 4.78 is 5.78. The fraction of sp³-hybridized carbons (Fsp3) is 0.778. The van der Waals surface area contributed by atoms with Crippen molar-refractivity contribution in [1.82, 2.24) is 19.8 Å². The molecule has 2 saturated heterocycles. The number of carbonyl (C=O) groups is 1. The third kappa shape index (κ3) is 3.64. The summed E-state index contributed by atoms with van der Waals surface area (Å²) in [6.07, 6.45) is 8.95. The van der Waals surface area contributed by atoms with E-state index in [9.17, 15) is 4.79 Å². The summed E-state index contributed by atoms with van der Waals surface area (Å²) in [6, 6.07) is 0.0526. The Bertz CT molecular complexity index is 519. The van der Waals surface area contributed by atoms with Gasteiger partial charge in [0.2, 0.25) is 5.91 Å². The monoisotopic (exact) mass is 334 g/mol. The van der Waals surface area contributed by atoms with Crippen LogP contribution in [0.5, 0.6) is 0 Å². The van der Waals surface area contributed by atoms with E-state index in [1.165, 1.54) is 0 Å². The van der Waals surface area contributed by atoms with Gasteiger partial charge >= 0.3 is 0 Å². The highest BCUT2D eigenvalue weighted by Crippen LogP contribution is 2.30. The molecule has 1 aromatic rings. The van der Waals surface area contributed by atoms with E-state index in [0.29, 0.717) is 0 Å². The van der Waals surface area contributed by atoms with Crippen LogP contribution in [-0.2, 0) is 9.53 Å². The standard InChI is InChI=1S/C18H30N4O2/c1-3-14-13-21(11-12-24-14)15(4-2)18(23)22-10-6-5-7-16(22)17-19-8-9-20-17/h8-9,14-16H,3-7,10-13H2,1-2H3,(H,19,20)/t14-,15-,16-/m1/s1. The molecule has 0 aromatic carbocycles. The second-order valence-corrected chi connectivity index (χ2v) is 6.84. The predicted octanol–water partition coefficient (Wildman–Crippen LogP) is 2.35. The average Bonchev–Trinajstić information content (AvgIpc) is 3.17. The smallest absolute Gasteiger partial charge is 0.240 e. The number of likely N-dealkylation sites (tertiary alicyclic amines) is 1. The molecule has 6 heteroatoms. The number of amides is 1. The molecule has 1 amide bonds. The fourth-order valence-electron chi connectivity index (χ4n) is 3.99. The van der Waals surface area contributed by atoms with Crippen LogP contribution < -0.4 is 0 Å². The van der Waals surface area contributed by atoms with Gasteiger partial charge in [0, 0.05) is 32.0 Å². The van der Waals surface area contributed by atoms with Gasteiger partial charge in [-0.05, 0) is 32.1 Å². The zero-order valence-corrected chi connectivity index (χ0v) is 14.9. The van der Waals surface area contributed by atoms with Crippen LogP contribution in [0, 0.1) is 0 Å². The summed E-state index contributed by atoms with van der Waals surface area (Å²) in [5.74, 6) is 1.18. The Morgan fingerprint density at radius 3 is 3.00 bits per heavy atom. The van der Waals surface area contributed by atoms with E-state index >= 15 is 0 Å². The molecule has 6 nitrogen and oxygen atoms in total. The summed E-state index contributed by atoms with van der Waals surface area (Å²) >= 11 is 0. The number of aromatic amines is 1. The van der Waals surface area contributed by atoms with E-state index in [1.54, 1.807) is 6.20 Å². The van der Waals surface area contributed by atoms with Gasteiger partial charge in [0.1, 0.15) is 5.82 Å². The second kappa shape index (κ2) is 8.12. The number of carbonyl (C=O) groups excluding carboxylic acids is 1. The Kier molecular flexibility index (Phi) is 5.89. The zero-order valence-electron chi connectivity index (χ0n) is 14.9. The Hall–Kier alpha value is -1.40. The van der Waals surface area contributed by atoms with E-state index in [2.05, 4.69) is 33.6 Å². The molecule has 0 spiro atoms. The second-order valence-electron chi connectivity index (χ2n) is 6.84. The highest BCUT2D eigenvalue weighted by atomic mass is 16.5. The van der Waals surface area contributed by atoms with Crippen LogP contribution in [0.25, 0.3) is 0 Å². The lowest BCUT2D eigenvalue weighted by Crippen LogP contribution is -2.55. The predicted molar refractivity (Wildman–Crippen MR) is 92.6 cm³/mol. The minimum absolute atomic E-state index is 0.0430. The number of piperidine rings is 1. The molecule has 24 heavy (non-hydrogen) atoms. The van der Waals surface area contributed by atoms with Crippen molar-refractivity contribution in [3.63, 3.8) is 0 Å². The maximum Gasteiger partial charge on any atom is 0.240 e. The van der Waals surface area contributed by atoms with Crippen LogP contribution >= 0.6 is 0 Å². The molecular formula is C18H30N4O2. The van der Waals surface area contributed by atoms with E-state index in [4.69, 9.17) is 4.74 Å². The maximum absolute atomic E-state index is 13.3. The van der Waals surface area contributed by atoms with Crippen LogP contribution in [0.3, 0.4) is 0 Å². The lowest BCUT2D eigenvalue weighted by molar-refractivity contribution is -0.144. The molecule has 0 bridgehead atoms. The van der Waals surface area contributed by atoms with Crippen molar-refractivity contribution < 1.29 is 9.53 Å². The van der Waals surface area contributed by atoms with Gasteiger partial charge in [0.05, 0.1) is 24.8 Å². The molecule has 0 saturated carbocycles. The molecule has 3 rings (SSSR count). The number of hydrogen-bond acceptors (Lipinski definition) is 4. The number of aromatic nitrogens is 2. The highest BCUT2D eigenvalue weighted by Gasteiger charge is 2.36. The fourth-order valence-corrected chi connectivity index (χ4v) is 3.99. The maximum atomic E-state index is 13.3. The topological polar surface area (TPSA) is 61.5 Å². The Morgan fingerprint density at radius 2 is 2.29 bits per heavy atom. The quantitative estimate of drug-likeness (QED) is 0.898. The van der Waals surface area contributed by atoms with Gasteiger partial charge in [-0.15, -0.1) is 0 Å². The van der Waals surface area contributed by atoms with Gasteiger partial charge in [-0.3, -0.25) is 9.69 Å². The number of imidazole rings is 1. The molecule has 2 aliphatic rings. The molecule has 2 fully saturated rings. The van der Waals surface area contributed by atoms with Crippen LogP contribution in [0.15, 0.2) is 12.4 Å². The minimum Gasteiger partial charge on any atom is -0.376 e. The van der Waals surface area contributed by atoms with E-state index in [-0.39, 0.29) is 24.1 Å². The summed E-state index contributed by atoms with van der Waals surface area (Å²) in [6.45, 7) is 7.53. The van der Waals surface area contributed by atoms with Crippen molar-refractivity contribution in [2.45, 2.75) is 64.1 Å². The molecule has 0 radical (unpaired) electrons.